The molecule has 1 aliphatic rings. The van der Waals surface area contributed by atoms with Gasteiger partial charge in [0.1, 0.15) is 5.82 Å². The summed E-state index contributed by atoms with van der Waals surface area (Å²) in [7, 11) is 0. The summed E-state index contributed by atoms with van der Waals surface area (Å²) in [5.41, 5.74) is 2.41. The number of aromatic nitrogens is 2. The minimum Gasteiger partial charge on any atom is -0.477 e. The van der Waals surface area contributed by atoms with Crippen LogP contribution in [0.15, 0.2) is 0 Å². The Balaban J connectivity index is 2.50. The zero-order chi connectivity index (χ0) is 10.8. The Kier molecular flexibility index (Phi) is 2.89. The summed E-state index contributed by atoms with van der Waals surface area (Å²) < 4.78 is 5.61. The normalized spacial score (nSPS) is 14.9. The molecule has 1 aromatic heterocycles. The second kappa shape index (κ2) is 4.17. The van der Waals surface area contributed by atoms with Gasteiger partial charge in [0.05, 0.1) is 12.3 Å². The highest BCUT2D eigenvalue weighted by Crippen LogP contribution is 2.29. The maximum absolute atomic E-state index is 5.61. The summed E-state index contributed by atoms with van der Waals surface area (Å²) in [5.74, 6) is 2.19. The summed E-state index contributed by atoms with van der Waals surface area (Å²) >= 11 is 0. The van der Waals surface area contributed by atoms with Crippen LogP contribution in [0.5, 0.6) is 5.88 Å². The highest BCUT2D eigenvalue weighted by atomic mass is 16.5. The van der Waals surface area contributed by atoms with E-state index >= 15 is 0 Å². The highest BCUT2D eigenvalue weighted by molar-refractivity contribution is 5.34. The lowest BCUT2D eigenvalue weighted by molar-refractivity contribution is 0.272. The van der Waals surface area contributed by atoms with E-state index in [4.69, 9.17) is 4.74 Å². The first-order chi connectivity index (χ1) is 7.22. The van der Waals surface area contributed by atoms with Gasteiger partial charge in [-0.3, -0.25) is 0 Å². The van der Waals surface area contributed by atoms with Gasteiger partial charge in [0, 0.05) is 12.0 Å². The van der Waals surface area contributed by atoms with Crippen molar-refractivity contribution in [3.63, 3.8) is 0 Å². The first-order valence-electron chi connectivity index (χ1n) is 5.74. The Morgan fingerprint density at radius 1 is 1.33 bits per heavy atom. The van der Waals surface area contributed by atoms with E-state index in [9.17, 15) is 0 Å². The van der Waals surface area contributed by atoms with Crippen LogP contribution in [0, 0.1) is 0 Å². The largest absolute Gasteiger partial charge is 0.477 e. The van der Waals surface area contributed by atoms with Crippen LogP contribution in [0.25, 0.3) is 0 Å². The molecule has 3 heteroatoms. The van der Waals surface area contributed by atoms with Gasteiger partial charge in [-0.2, -0.15) is 4.98 Å². The molecule has 0 aromatic carbocycles. The Bertz CT molecular complexity index is 361. The van der Waals surface area contributed by atoms with E-state index in [-0.39, 0.29) is 0 Å². The third-order valence-electron chi connectivity index (χ3n) is 2.72. The lowest BCUT2D eigenvalue weighted by atomic mass is 10.00. The number of aryl methyl sites for hydroxylation is 1. The fourth-order valence-corrected chi connectivity index (χ4v) is 1.93. The molecular formula is C12H18N2O. The average Bonchev–Trinajstić information content (AvgIpc) is 2.27. The van der Waals surface area contributed by atoms with Gasteiger partial charge in [0.25, 0.3) is 0 Å². The Labute approximate surface area is 90.9 Å². The molecule has 0 radical (unpaired) electrons. The summed E-state index contributed by atoms with van der Waals surface area (Å²) in [6.07, 6.45) is 3.02. The summed E-state index contributed by atoms with van der Waals surface area (Å²) in [5, 5.41) is 0. The van der Waals surface area contributed by atoms with Gasteiger partial charge in [-0.05, 0) is 18.8 Å². The predicted octanol–water partition coefficient (Wildman–Crippen LogP) is 2.49. The van der Waals surface area contributed by atoms with Crippen molar-refractivity contribution in [1.82, 2.24) is 9.97 Å². The zero-order valence-electron chi connectivity index (χ0n) is 9.71. The maximum Gasteiger partial charge on any atom is 0.220 e. The maximum atomic E-state index is 5.61. The molecule has 0 amide bonds. The van der Waals surface area contributed by atoms with Crippen LogP contribution in [0.2, 0.25) is 0 Å². The molecule has 0 N–H and O–H groups in total. The Morgan fingerprint density at radius 3 is 2.80 bits per heavy atom. The molecular weight excluding hydrogens is 188 g/mol. The van der Waals surface area contributed by atoms with Gasteiger partial charge in [-0.25, -0.2) is 4.98 Å². The minimum absolute atomic E-state index is 0.453. The van der Waals surface area contributed by atoms with Gasteiger partial charge >= 0.3 is 0 Å². The highest BCUT2D eigenvalue weighted by Gasteiger charge is 2.20. The summed E-state index contributed by atoms with van der Waals surface area (Å²) in [6.45, 7) is 7.23. The number of hydrogen-bond acceptors (Lipinski definition) is 3. The SMILES string of the molecule is CCc1nc2c(c(C(C)C)n1)CCCO2. The Morgan fingerprint density at radius 2 is 2.13 bits per heavy atom. The van der Waals surface area contributed by atoms with Crippen molar-refractivity contribution in [2.75, 3.05) is 6.61 Å². The molecule has 0 unspecified atom stereocenters. The molecule has 15 heavy (non-hydrogen) atoms. The third-order valence-corrected chi connectivity index (χ3v) is 2.72. The molecule has 82 valence electrons. The quantitative estimate of drug-likeness (QED) is 0.745. The Hall–Kier alpha value is -1.12. The van der Waals surface area contributed by atoms with Crippen molar-refractivity contribution in [3.05, 3.63) is 17.1 Å². The molecule has 0 saturated carbocycles. The van der Waals surface area contributed by atoms with E-state index in [0.717, 1.165) is 37.6 Å². The molecule has 0 bridgehead atoms. The van der Waals surface area contributed by atoms with Crippen molar-refractivity contribution < 1.29 is 4.74 Å². The lowest BCUT2D eigenvalue weighted by Crippen LogP contribution is -2.16. The number of nitrogens with zero attached hydrogens (tertiary/aromatic N) is 2. The molecule has 0 saturated heterocycles. The molecule has 0 spiro atoms. The molecule has 1 aromatic rings. The van der Waals surface area contributed by atoms with E-state index in [2.05, 4.69) is 30.7 Å². The van der Waals surface area contributed by atoms with Crippen molar-refractivity contribution in [2.24, 2.45) is 0 Å². The van der Waals surface area contributed by atoms with Gasteiger partial charge in [0.15, 0.2) is 0 Å². The molecule has 3 nitrogen and oxygen atoms in total. The summed E-state index contributed by atoms with van der Waals surface area (Å²) in [4.78, 5) is 9.05. The van der Waals surface area contributed by atoms with Crippen molar-refractivity contribution in [3.8, 4) is 5.88 Å². The molecule has 0 aliphatic carbocycles. The predicted molar refractivity (Wildman–Crippen MR) is 59.3 cm³/mol. The van der Waals surface area contributed by atoms with Crippen LogP contribution >= 0.6 is 0 Å². The molecule has 0 atom stereocenters. The smallest absolute Gasteiger partial charge is 0.220 e. The fourth-order valence-electron chi connectivity index (χ4n) is 1.93. The van der Waals surface area contributed by atoms with Crippen LogP contribution < -0.4 is 4.74 Å². The lowest BCUT2D eigenvalue weighted by Gasteiger charge is -2.20. The van der Waals surface area contributed by atoms with Gasteiger partial charge in [-0.15, -0.1) is 0 Å². The summed E-state index contributed by atoms with van der Waals surface area (Å²) in [6, 6.07) is 0. The number of fused-ring (bicyclic) bond motifs is 1. The fraction of sp³-hybridized carbons (Fsp3) is 0.667. The van der Waals surface area contributed by atoms with Crippen LogP contribution in [0.1, 0.15) is 50.2 Å². The van der Waals surface area contributed by atoms with E-state index < -0.39 is 0 Å². The number of ether oxygens (including phenoxy) is 1. The van der Waals surface area contributed by atoms with Crippen LogP contribution in [-0.4, -0.2) is 16.6 Å². The second-order valence-electron chi connectivity index (χ2n) is 4.27. The van der Waals surface area contributed by atoms with Gasteiger partial charge in [-0.1, -0.05) is 20.8 Å². The minimum atomic E-state index is 0.453. The van der Waals surface area contributed by atoms with Crippen molar-refractivity contribution in [1.29, 1.82) is 0 Å². The zero-order valence-corrected chi connectivity index (χ0v) is 9.71. The van der Waals surface area contributed by atoms with E-state index in [1.807, 2.05) is 0 Å². The van der Waals surface area contributed by atoms with E-state index in [1.54, 1.807) is 0 Å². The molecule has 0 fully saturated rings. The van der Waals surface area contributed by atoms with Crippen molar-refractivity contribution in [2.45, 2.75) is 46.0 Å². The molecule has 2 rings (SSSR count). The third kappa shape index (κ3) is 1.96. The number of hydrogen-bond donors (Lipinski definition) is 0. The van der Waals surface area contributed by atoms with Crippen molar-refractivity contribution >= 4 is 0 Å². The van der Waals surface area contributed by atoms with Crippen LogP contribution in [-0.2, 0) is 12.8 Å². The van der Waals surface area contributed by atoms with Crippen LogP contribution in [0.4, 0.5) is 0 Å². The topological polar surface area (TPSA) is 35.0 Å². The average molecular weight is 206 g/mol. The van der Waals surface area contributed by atoms with E-state index in [1.165, 1.54) is 11.3 Å². The van der Waals surface area contributed by atoms with E-state index in [0.29, 0.717) is 5.92 Å². The first kappa shape index (κ1) is 10.4. The molecule has 1 aliphatic heterocycles. The van der Waals surface area contributed by atoms with Gasteiger partial charge < -0.3 is 4.74 Å². The monoisotopic (exact) mass is 206 g/mol. The van der Waals surface area contributed by atoms with Gasteiger partial charge in [0.2, 0.25) is 5.88 Å². The molecule has 2 heterocycles. The second-order valence-corrected chi connectivity index (χ2v) is 4.27. The first-order valence-corrected chi connectivity index (χ1v) is 5.74. The number of rotatable bonds is 2. The standard InChI is InChI=1S/C12H18N2O/c1-4-10-13-11(8(2)3)9-6-5-7-15-12(9)14-10/h8H,4-7H2,1-3H3. The van der Waals surface area contributed by atoms with Crippen LogP contribution in [0.3, 0.4) is 0 Å².